The summed E-state index contributed by atoms with van der Waals surface area (Å²) in [7, 11) is 0. The highest BCUT2D eigenvalue weighted by atomic mass is 14.2. The minimum atomic E-state index is 1.20. The summed E-state index contributed by atoms with van der Waals surface area (Å²) >= 11 is 0. The Bertz CT molecular complexity index is 5090. The third kappa shape index (κ3) is 6.41. The van der Waals surface area contributed by atoms with Crippen LogP contribution < -0.4 is 0 Å². The van der Waals surface area contributed by atoms with Crippen LogP contribution in [0.1, 0.15) is 0 Å². The molecule has 0 nitrogen and oxygen atoms in total. The fourth-order valence-electron chi connectivity index (χ4n) is 13.7. The molecule has 0 aliphatic carbocycles. The molecule has 0 fully saturated rings. The Morgan fingerprint density at radius 3 is 0.846 bits per heavy atom. The highest BCUT2D eigenvalue weighted by molar-refractivity contribution is 6.28. The lowest BCUT2D eigenvalue weighted by atomic mass is 9.85. The lowest BCUT2D eigenvalue weighted by Gasteiger charge is -2.18. The normalized spacial score (nSPS) is 12.1. The van der Waals surface area contributed by atoms with Crippen LogP contribution in [0, 0.1) is 0 Å². The van der Waals surface area contributed by atoms with Gasteiger partial charge in [-0.15, -0.1) is 0 Å². The molecule has 78 heavy (non-hydrogen) atoms. The van der Waals surface area contributed by atoms with E-state index in [2.05, 4.69) is 279 Å². The molecule has 0 aliphatic rings. The molecule has 0 aromatic heterocycles. The van der Waals surface area contributed by atoms with Crippen molar-refractivity contribution in [1.82, 2.24) is 0 Å². The van der Waals surface area contributed by atoms with Crippen molar-refractivity contribution in [3.8, 4) is 44.5 Å². The standard InChI is InChI=1S/C78H46/c1-3-17-51-41-71-55(39-49(51)15-1)45-75(65-25-11-9-23-61(65)71)77-59-21-7-5-19-53(59)43-73-63-29-13-27-57(67(63)35-37-69(73)77)47-31-33-48(34-32-47)58-28-14-30-64-68(58)36-38-70-74(64)44-54-20-6-8-22-60(54)78(70)76-46-56-40-50-16-2-4-18-52(50)42-72(56)62-24-10-12-26-66(62)76/h1-46H. The monoisotopic (exact) mass is 982 g/mol. The lowest BCUT2D eigenvalue weighted by molar-refractivity contribution is 1.63. The van der Waals surface area contributed by atoms with Crippen LogP contribution in [0.3, 0.4) is 0 Å². The van der Waals surface area contributed by atoms with Gasteiger partial charge >= 0.3 is 0 Å². The first-order chi connectivity index (χ1) is 38.7. The van der Waals surface area contributed by atoms with Crippen LogP contribution in [0.25, 0.3) is 174 Å². The van der Waals surface area contributed by atoms with Crippen LogP contribution in [0.2, 0.25) is 0 Å². The van der Waals surface area contributed by atoms with Gasteiger partial charge in [-0.05, 0) is 222 Å². The van der Waals surface area contributed by atoms with Gasteiger partial charge in [-0.1, -0.05) is 231 Å². The van der Waals surface area contributed by atoms with Crippen molar-refractivity contribution >= 4 is 129 Å². The maximum absolute atomic E-state index is 2.44. The summed E-state index contributed by atoms with van der Waals surface area (Å²) in [6, 6.07) is 105. The number of hydrogen-bond acceptors (Lipinski definition) is 0. The molecule has 17 rings (SSSR count). The topological polar surface area (TPSA) is 0 Å². The molecular weight excluding hydrogens is 937 g/mol. The quantitative estimate of drug-likeness (QED) is 0.122. The Morgan fingerprint density at radius 2 is 0.423 bits per heavy atom. The smallest absolute Gasteiger partial charge is 0.00201 e. The third-order valence-electron chi connectivity index (χ3n) is 17.3. The maximum Gasteiger partial charge on any atom is -0.00201 e. The van der Waals surface area contributed by atoms with E-state index < -0.39 is 0 Å². The van der Waals surface area contributed by atoms with Crippen LogP contribution in [0.15, 0.2) is 279 Å². The summed E-state index contributed by atoms with van der Waals surface area (Å²) in [5, 5.41) is 30.4. The van der Waals surface area contributed by atoms with E-state index in [0.29, 0.717) is 0 Å². The highest BCUT2D eigenvalue weighted by Crippen LogP contribution is 2.48. The molecular formula is C78H46. The van der Waals surface area contributed by atoms with Gasteiger partial charge in [0.25, 0.3) is 0 Å². The summed E-state index contributed by atoms with van der Waals surface area (Å²) in [4.78, 5) is 0. The van der Waals surface area contributed by atoms with E-state index in [0.717, 1.165) is 0 Å². The summed E-state index contributed by atoms with van der Waals surface area (Å²) in [5.74, 6) is 0. The van der Waals surface area contributed by atoms with Gasteiger partial charge in [0.2, 0.25) is 0 Å². The zero-order valence-corrected chi connectivity index (χ0v) is 42.6. The molecule has 0 N–H and O–H groups in total. The zero-order chi connectivity index (χ0) is 51.0. The molecule has 0 heteroatoms. The van der Waals surface area contributed by atoms with Crippen molar-refractivity contribution in [3.05, 3.63) is 279 Å². The van der Waals surface area contributed by atoms with Crippen molar-refractivity contribution in [2.24, 2.45) is 0 Å². The van der Waals surface area contributed by atoms with Gasteiger partial charge in [0.15, 0.2) is 0 Å². The second-order valence-electron chi connectivity index (χ2n) is 21.4. The molecule has 0 amide bonds. The van der Waals surface area contributed by atoms with Gasteiger partial charge in [-0.2, -0.15) is 0 Å². The Kier molecular flexibility index (Phi) is 9.22. The molecule has 0 atom stereocenters. The predicted octanol–water partition coefficient (Wildman–Crippen LogP) is 22.2. The summed E-state index contributed by atoms with van der Waals surface area (Å²) in [6.07, 6.45) is 0. The molecule has 0 aliphatic heterocycles. The van der Waals surface area contributed by atoms with Crippen molar-refractivity contribution in [2.75, 3.05) is 0 Å². The Morgan fingerprint density at radius 1 is 0.128 bits per heavy atom. The first kappa shape index (κ1) is 43.1. The molecule has 0 unspecified atom stereocenters. The predicted molar refractivity (Wildman–Crippen MR) is 338 cm³/mol. The number of benzene rings is 17. The minimum Gasteiger partial charge on any atom is -0.0616 e. The molecule has 0 saturated heterocycles. The maximum atomic E-state index is 2.44. The van der Waals surface area contributed by atoms with E-state index in [9.17, 15) is 0 Å². The number of rotatable bonds is 4. The van der Waals surface area contributed by atoms with E-state index in [1.54, 1.807) is 0 Å². The Balaban J connectivity index is 0.805. The largest absolute Gasteiger partial charge is 0.0616 e. The van der Waals surface area contributed by atoms with Gasteiger partial charge in [-0.3, -0.25) is 0 Å². The van der Waals surface area contributed by atoms with Gasteiger partial charge in [0.1, 0.15) is 0 Å². The van der Waals surface area contributed by atoms with Gasteiger partial charge in [-0.25, -0.2) is 0 Å². The molecule has 0 spiro atoms. The first-order valence-corrected chi connectivity index (χ1v) is 27.2. The van der Waals surface area contributed by atoms with Gasteiger partial charge in [0, 0.05) is 0 Å². The van der Waals surface area contributed by atoms with Gasteiger partial charge in [0.05, 0.1) is 0 Å². The lowest BCUT2D eigenvalue weighted by Crippen LogP contribution is -1.91. The molecule has 17 aromatic carbocycles. The van der Waals surface area contributed by atoms with E-state index in [1.165, 1.54) is 174 Å². The molecule has 0 saturated carbocycles. The minimum absolute atomic E-state index is 1.20. The summed E-state index contributed by atoms with van der Waals surface area (Å²) in [6.45, 7) is 0. The van der Waals surface area contributed by atoms with E-state index >= 15 is 0 Å². The van der Waals surface area contributed by atoms with Crippen LogP contribution >= 0.6 is 0 Å². The van der Waals surface area contributed by atoms with E-state index in [4.69, 9.17) is 0 Å². The van der Waals surface area contributed by atoms with Crippen LogP contribution in [-0.2, 0) is 0 Å². The van der Waals surface area contributed by atoms with Crippen molar-refractivity contribution in [1.29, 1.82) is 0 Å². The van der Waals surface area contributed by atoms with Crippen molar-refractivity contribution in [2.45, 2.75) is 0 Å². The van der Waals surface area contributed by atoms with E-state index in [-0.39, 0.29) is 0 Å². The highest BCUT2D eigenvalue weighted by Gasteiger charge is 2.20. The van der Waals surface area contributed by atoms with E-state index in [1.807, 2.05) is 0 Å². The molecule has 0 heterocycles. The fraction of sp³-hybridized carbons (Fsp3) is 0. The Hall–Kier alpha value is -10.1. The molecule has 0 bridgehead atoms. The first-order valence-electron chi connectivity index (χ1n) is 27.2. The second-order valence-corrected chi connectivity index (χ2v) is 21.4. The number of hydrogen-bond donors (Lipinski definition) is 0. The molecule has 0 radical (unpaired) electrons. The van der Waals surface area contributed by atoms with Gasteiger partial charge < -0.3 is 0 Å². The SMILES string of the molecule is c1ccc2cc3c(cc(-c4c5ccccc5cc5c4ccc4c(-c6ccc(-c7cccc8c7ccc7c(-c9cc%10cc%11ccccc%11cc%10c%10ccccc9%10)c9ccccc9cc78)cc6)cccc45)c4ccccc43)cc2c1. The Labute approximate surface area is 450 Å². The number of fused-ring (bicyclic) bond motifs is 16. The average molecular weight is 983 g/mol. The van der Waals surface area contributed by atoms with Crippen LogP contribution in [0.5, 0.6) is 0 Å². The molecule has 17 aromatic rings. The zero-order valence-electron chi connectivity index (χ0n) is 42.6. The van der Waals surface area contributed by atoms with Crippen LogP contribution in [0.4, 0.5) is 0 Å². The third-order valence-corrected chi connectivity index (χ3v) is 17.3. The summed E-state index contributed by atoms with van der Waals surface area (Å²) < 4.78 is 0. The average Bonchev–Trinajstić information content (AvgIpc) is 3.62. The van der Waals surface area contributed by atoms with Crippen molar-refractivity contribution in [3.63, 3.8) is 0 Å². The second kappa shape index (κ2) is 16.7. The fourth-order valence-corrected chi connectivity index (χ4v) is 13.7. The summed E-state index contributed by atoms with van der Waals surface area (Å²) in [5.41, 5.74) is 9.98. The van der Waals surface area contributed by atoms with Crippen LogP contribution in [-0.4, -0.2) is 0 Å². The van der Waals surface area contributed by atoms with Crippen molar-refractivity contribution < 1.29 is 0 Å². The molecule has 358 valence electrons.